The summed E-state index contributed by atoms with van der Waals surface area (Å²) in [7, 11) is 0. The van der Waals surface area contributed by atoms with Crippen LogP contribution < -0.4 is 4.74 Å². The molecule has 0 bridgehead atoms. The lowest BCUT2D eigenvalue weighted by Crippen LogP contribution is -2.49. The quantitative estimate of drug-likeness (QED) is 0.717. The van der Waals surface area contributed by atoms with Crippen molar-refractivity contribution in [2.45, 2.75) is 46.3 Å². The molecule has 0 radical (unpaired) electrons. The van der Waals surface area contributed by atoms with E-state index in [0.717, 1.165) is 31.7 Å². The number of rotatable bonds is 6. The van der Waals surface area contributed by atoms with Crippen molar-refractivity contribution in [2.75, 3.05) is 32.8 Å². The number of hydrogen-bond donors (Lipinski definition) is 0. The molecule has 1 aromatic heterocycles. The van der Waals surface area contributed by atoms with E-state index in [9.17, 15) is 4.79 Å². The molecule has 3 rings (SSSR count). The van der Waals surface area contributed by atoms with Crippen LogP contribution in [0, 0.1) is 6.92 Å². The molecule has 0 aliphatic carbocycles. The van der Waals surface area contributed by atoms with Gasteiger partial charge in [0.05, 0.1) is 6.61 Å². The van der Waals surface area contributed by atoms with Crippen LogP contribution in [0.25, 0.3) is 0 Å². The summed E-state index contributed by atoms with van der Waals surface area (Å²) in [5.41, 5.74) is 3.05. The van der Waals surface area contributed by atoms with Gasteiger partial charge in [0, 0.05) is 50.9 Å². The normalized spacial score (nSPS) is 15.1. The standard InChI is InChI=1S/C24H33N3O3/c1-19-6-5-7-22(25-19)29-17-12-20-8-10-21(11-9-20)18-26-13-15-27(16-14-26)23(28)30-24(2,3)4/h5-11H,12-18H2,1-4H3. The van der Waals surface area contributed by atoms with E-state index in [1.54, 1.807) is 4.90 Å². The Morgan fingerprint density at radius 2 is 1.67 bits per heavy atom. The summed E-state index contributed by atoms with van der Waals surface area (Å²) in [4.78, 5) is 20.7. The fourth-order valence-corrected chi connectivity index (χ4v) is 3.36. The van der Waals surface area contributed by atoms with Crippen molar-refractivity contribution < 1.29 is 14.3 Å². The number of hydrogen-bond acceptors (Lipinski definition) is 5. The van der Waals surface area contributed by atoms with Crippen LogP contribution >= 0.6 is 0 Å². The molecule has 1 saturated heterocycles. The molecule has 0 atom stereocenters. The van der Waals surface area contributed by atoms with Crippen molar-refractivity contribution in [3.05, 3.63) is 59.3 Å². The smallest absolute Gasteiger partial charge is 0.410 e. The van der Waals surface area contributed by atoms with E-state index in [0.29, 0.717) is 25.6 Å². The molecule has 30 heavy (non-hydrogen) atoms. The second kappa shape index (κ2) is 9.94. The highest BCUT2D eigenvalue weighted by Crippen LogP contribution is 2.14. The number of aryl methyl sites for hydroxylation is 1. The number of amides is 1. The lowest BCUT2D eigenvalue weighted by molar-refractivity contribution is 0.0139. The van der Waals surface area contributed by atoms with Gasteiger partial charge in [-0.15, -0.1) is 0 Å². The maximum absolute atomic E-state index is 12.2. The minimum Gasteiger partial charge on any atom is -0.477 e. The van der Waals surface area contributed by atoms with Gasteiger partial charge in [0.25, 0.3) is 0 Å². The highest BCUT2D eigenvalue weighted by atomic mass is 16.6. The minimum atomic E-state index is -0.447. The van der Waals surface area contributed by atoms with E-state index in [1.807, 2.05) is 45.9 Å². The lowest BCUT2D eigenvalue weighted by Gasteiger charge is -2.35. The van der Waals surface area contributed by atoms with Crippen molar-refractivity contribution in [1.29, 1.82) is 0 Å². The zero-order chi connectivity index (χ0) is 21.6. The van der Waals surface area contributed by atoms with Crippen LogP contribution in [0.15, 0.2) is 42.5 Å². The molecule has 6 heteroatoms. The SMILES string of the molecule is Cc1cccc(OCCc2ccc(CN3CCN(C(=O)OC(C)(C)C)CC3)cc2)n1. The van der Waals surface area contributed by atoms with Crippen molar-refractivity contribution in [2.24, 2.45) is 0 Å². The molecule has 0 N–H and O–H groups in total. The number of pyridine rings is 1. The highest BCUT2D eigenvalue weighted by molar-refractivity contribution is 5.68. The fraction of sp³-hybridized carbons (Fsp3) is 0.500. The average molecular weight is 412 g/mol. The highest BCUT2D eigenvalue weighted by Gasteiger charge is 2.25. The lowest BCUT2D eigenvalue weighted by atomic mass is 10.1. The maximum atomic E-state index is 12.2. The van der Waals surface area contributed by atoms with Crippen molar-refractivity contribution in [1.82, 2.24) is 14.8 Å². The molecule has 2 heterocycles. The number of carbonyl (C=O) groups excluding carboxylic acids is 1. The summed E-state index contributed by atoms with van der Waals surface area (Å²) >= 11 is 0. The van der Waals surface area contributed by atoms with Crippen LogP contribution in [0.4, 0.5) is 4.79 Å². The third-order valence-electron chi connectivity index (χ3n) is 4.96. The summed E-state index contributed by atoms with van der Waals surface area (Å²) in [6.07, 6.45) is 0.638. The van der Waals surface area contributed by atoms with Gasteiger partial charge in [0.15, 0.2) is 0 Å². The van der Waals surface area contributed by atoms with Gasteiger partial charge in [-0.25, -0.2) is 9.78 Å². The maximum Gasteiger partial charge on any atom is 0.410 e. The molecule has 0 saturated carbocycles. The van der Waals surface area contributed by atoms with Crippen LogP contribution in [0.3, 0.4) is 0 Å². The fourth-order valence-electron chi connectivity index (χ4n) is 3.36. The molecule has 1 aliphatic rings. The van der Waals surface area contributed by atoms with Crippen molar-refractivity contribution >= 4 is 6.09 Å². The predicted molar refractivity (Wildman–Crippen MR) is 118 cm³/mol. The molecular weight excluding hydrogens is 378 g/mol. The molecule has 2 aromatic rings. The monoisotopic (exact) mass is 411 g/mol. The van der Waals surface area contributed by atoms with Crippen molar-refractivity contribution in [3.63, 3.8) is 0 Å². The zero-order valence-electron chi connectivity index (χ0n) is 18.6. The van der Waals surface area contributed by atoms with Crippen LogP contribution in [0.2, 0.25) is 0 Å². The topological polar surface area (TPSA) is 54.9 Å². The molecule has 1 aromatic carbocycles. The molecule has 0 spiro atoms. The van der Waals surface area contributed by atoms with Crippen LogP contribution in [0.5, 0.6) is 5.88 Å². The second-order valence-corrected chi connectivity index (χ2v) is 8.78. The Labute approximate surface area is 179 Å². The molecule has 162 valence electrons. The Hall–Kier alpha value is -2.60. The largest absolute Gasteiger partial charge is 0.477 e. The Morgan fingerprint density at radius 3 is 2.30 bits per heavy atom. The minimum absolute atomic E-state index is 0.213. The molecular formula is C24H33N3O3. The van der Waals surface area contributed by atoms with Gasteiger partial charge in [0.2, 0.25) is 5.88 Å². The third kappa shape index (κ3) is 7.02. The van der Waals surface area contributed by atoms with Crippen LogP contribution in [-0.2, 0) is 17.7 Å². The Morgan fingerprint density at radius 1 is 1.00 bits per heavy atom. The molecule has 1 aliphatic heterocycles. The molecule has 1 fully saturated rings. The number of carbonyl (C=O) groups is 1. The van der Waals surface area contributed by atoms with E-state index in [1.165, 1.54) is 11.1 Å². The van der Waals surface area contributed by atoms with E-state index in [2.05, 4.69) is 34.1 Å². The summed E-state index contributed by atoms with van der Waals surface area (Å²) < 4.78 is 11.2. The van der Waals surface area contributed by atoms with Crippen LogP contribution in [0.1, 0.15) is 37.6 Å². The summed E-state index contributed by atoms with van der Waals surface area (Å²) in [5.74, 6) is 0.678. The van der Waals surface area contributed by atoms with E-state index in [-0.39, 0.29) is 6.09 Å². The zero-order valence-corrected chi connectivity index (χ0v) is 18.6. The number of nitrogens with zero attached hydrogens (tertiary/aromatic N) is 3. The number of aromatic nitrogens is 1. The van der Waals surface area contributed by atoms with E-state index < -0.39 is 5.60 Å². The van der Waals surface area contributed by atoms with Crippen LogP contribution in [-0.4, -0.2) is 59.3 Å². The summed E-state index contributed by atoms with van der Waals surface area (Å²) in [6, 6.07) is 14.5. The third-order valence-corrected chi connectivity index (χ3v) is 4.96. The van der Waals surface area contributed by atoms with Gasteiger partial charge in [-0.2, -0.15) is 0 Å². The van der Waals surface area contributed by atoms with Gasteiger partial charge >= 0.3 is 6.09 Å². The van der Waals surface area contributed by atoms with Gasteiger partial charge in [0.1, 0.15) is 5.60 Å². The summed E-state index contributed by atoms with van der Waals surface area (Å²) in [6.45, 7) is 12.3. The number of piperazine rings is 1. The van der Waals surface area contributed by atoms with Gasteiger partial charge in [-0.05, 0) is 44.9 Å². The summed E-state index contributed by atoms with van der Waals surface area (Å²) in [5, 5.41) is 0. The van der Waals surface area contributed by atoms with Crippen molar-refractivity contribution in [3.8, 4) is 5.88 Å². The van der Waals surface area contributed by atoms with Gasteiger partial charge in [-0.1, -0.05) is 30.3 Å². The molecule has 1 amide bonds. The first-order valence-corrected chi connectivity index (χ1v) is 10.6. The second-order valence-electron chi connectivity index (χ2n) is 8.78. The first kappa shape index (κ1) is 22.1. The average Bonchev–Trinajstić information content (AvgIpc) is 2.69. The van der Waals surface area contributed by atoms with Gasteiger partial charge < -0.3 is 14.4 Å². The number of ether oxygens (including phenoxy) is 2. The first-order chi connectivity index (χ1) is 14.3. The first-order valence-electron chi connectivity index (χ1n) is 10.6. The molecule has 0 unspecified atom stereocenters. The Bertz CT molecular complexity index is 822. The van der Waals surface area contributed by atoms with E-state index in [4.69, 9.17) is 9.47 Å². The predicted octanol–water partition coefficient (Wildman–Crippen LogP) is 4.06. The number of benzene rings is 1. The van der Waals surface area contributed by atoms with E-state index >= 15 is 0 Å². The Balaban J connectivity index is 1.40. The Kier molecular flexibility index (Phi) is 7.32. The molecule has 6 nitrogen and oxygen atoms in total. The van der Waals surface area contributed by atoms with Gasteiger partial charge in [-0.3, -0.25) is 4.90 Å².